The average molecular weight is 3640 g/mol. The summed E-state index contributed by atoms with van der Waals surface area (Å²) in [5.74, 6) is 3.38. The van der Waals surface area contributed by atoms with Crippen LogP contribution in [0.1, 0.15) is 81.8 Å². The lowest BCUT2D eigenvalue weighted by Gasteiger charge is -2.15. The molecule has 2 atom stereocenters. The first kappa shape index (κ1) is 119. The van der Waals surface area contributed by atoms with Gasteiger partial charge in [0, 0.05) is 6.42 Å². The summed E-state index contributed by atoms with van der Waals surface area (Å²) in [4.78, 5) is 64.5. The number of halogens is 16. The van der Waals surface area contributed by atoms with Crippen molar-refractivity contribution in [3.63, 3.8) is 0 Å². The number of ether oxygens (including phenoxy) is 6. The molecular formula is C93H76I16N2O24. The van der Waals surface area contributed by atoms with Crippen LogP contribution in [0.25, 0.3) is 0 Å². The van der Waals surface area contributed by atoms with Gasteiger partial charge >= 0.3 is 35.8 Å². The highest BCUT2D eigenvalue weighted by molar-refractivity contribution is 14.1. The highest BCUT2D eigenvalue weighted by Crippen LogP contribution is 2.43. The minimum atomic E-state index is -1.02. The van der Waals surface area contributed by atoms with Crippen molar-refractivity contribution in [2.45, 2.75) is 90.6 Å². The molecule has 42 heteroatoms. The van der Waals surface area contributed by atoms with Gasteiger partial charge in [0.1, 0.15) is 86.8 Å². The normalized spacial score (nSPS) is 11.1. The Kier molecular flexibility index (Phi) is 50.4. The molecule has 2 unspecified atom stereocenters. The van der Waals surface area contributed by atoms with E-state index in [2.05, 4.69) is 308 Å². The molecule has 16 N–H and O–H groups in total. The number of aliphatic carboxylic acids is 6. The third kappa shape index (κ3) is 38.9. The molecule has 135 heavy (non-hydrogen) atoms. The van der Waals surface area contributed by atoms with Crippen LogP contribution >= 0.6 is 361 Å². The predicted molar refractivity (Wildman–Crippen MR) is 648 cm³/mol. The number of hydrogen-bond donors (Lipinski definition) is 14. The van der Waals surface area contributed by atoms with E-state index in [0.717, 1.165) is 94.4 Å². The SMILES string of the molecule is Cc1cc(OCC(=O)O)cc(C)c1Cc1ccc(O)c(C(C)C)c1.NC(Cc1cc(I)c(Oc2cc(I)c(O)c(I)c2)c(I)c1)C(=O)O.NC(Cc1cc(I)c(Oc2ccc(O)c(I)c2)c(I)c1)C(=O)O.O=C(O)CCc1cc(I)c(Oc2ccc(O)cc2)c(I)c1.O=C(O)Cc1cc(I)c(Oc2cc(I)c(O)c(I)c2)c(I)c1.O=C(O)Cc1ccc(Oc2cc(I)c(O)c(I)c2)c(I)c1. The number of aromatic hydroxyl groups is 6. The molecule has 12 rings (SSSR count). The lowest BCUT2D eigenvalue weighted by molar-refractivity contribution is -0.140. The van der Waals surface area contributed by atoms with Crippen LogP contribution in [0.2, 0.25) is 0 Å². The molecule has 0 bridgehead atoms. The molecule has 0 aromatic heterocycles. The summed E-state index contributed by atoms with van der Waals surface area (Å²) in [6.07, 6.45) is 1.88. The van der Waals surface area contributed by atoms with Gasteiger partial charge in [-0.2, -0.15) is 0 Å². The minimum Gasteiger partial charge on any atom is -0.508 e. The molecule has 0 fully saturated rings. The zero-order chi connectivity index (χ0) is 100. The Morgan fingerprint density at radius 3 is 1.03 bits per heavy atom. The fourth-order valence-corrected chi connectivity index (χ4v) is 26.4. The molecular weight excluding hydrogens is 3560 g/mol. The number of nitrogens with two attached hydrogens (primary N) is 2. The maximum Gasteiger partial charge on any atom is 0.341 e. The van der Waals surface area contributed by atoms with Crippen LogP contribution in [-0.2, 0) is 67.3 Å². The number of carboxylic acids is 6. The van der Waals surface area contributed by atoms with E-state index in [9.17, 15) is 59.4 Å². The Morgan fingerprint density at radius 2 is 0.659 bits per heavy atom. The Balaban J connectivity index is 0.000000221. The van der Waals surface area contributed by atoms with Gasteiger partial charge in [0.25, 0.3) is 0 Å². The van der Waals surface area contributed by atoms with Gasteiger partial charge < -0.3 is 101 Å². The smallest absolute Gasteiger partial charge is 0.341 e. The van der Waals surface area contributed by atoms with E-state index in [0.29, 0.717) is 94.7 Å². The quantitative estimate of drug-likeness (QED) is 0.0194. The molecule has 0 saturated carbocycles. The molecule has 0 heterocycles. The summed E-state index contributed by atoms with van der Waals surface area (Å²) in [7, 11) is 0. The lowest BCUT2D eigenvalue weighted by Crippen LogP contribution is -2.32. The minimum absolute atomic E-state index is 0.00864. The van der Waals surface area contributed by atoms with Crippen LogP contribution in [0.5, 0.6) is 97.7 Å². The fraction of sp³-hybridized carbons (Fsp3) is 0.161. The molecule has 0 aliphatic carbocycles. The highest BCUT2D eigenvalue weighted by Gasteiger charge is 2.23. The standard InChI is InChI=1S/C20H24O4.C15H11I4NO4.C15H12I3NO4.C15H12I2O4.C14H8I4O4.C14H9I3O4/c1-12(2)17-9-15(5-6-19(17)21)10-18-13(3)7-16(8-14(18)4)24-11-20(22)23;16-8-4-7(5-9(17)13(8)21)24-14-10(18)1-6(2-11(14)19)3-12(20)15(22)23;16-9-6-8(1-2-13(9)20)23-14-10(17)3-7(4-11(14)18)5-12(19)15(21)22;16-12-7-9(1-6-14(19)20)8-13(17)15(12)21-11-4-2-10(18)3-5-11;15-8-4-7(5-9(16)13(8)21)22-14-10(17)1-6(2-11(14)18)3-12(19)20;15-9-3-7(4-13(18)19)1-2-12(9)21-8-5-10(16)14(20)11(17)6-8/h5-9,12,21H,10-11H2,1-4H3,(H,22,23);1-2,4-5,12,21H,3,20H2,(H,22,23);1-4,6,12,20H,5,19H2,(H,21,22);2-5,7-8,18H,1,6H2,(H,19,20);1-2,4-5,21H,3H2,(H,19,20);1-3,5-6,20H,4H2,(H,18,19). The molecule has 26 nitrogen and oxygen atoms in total. The number of benzene rings is 12. The van der Waals surface area contributed by atoms with Gasteiger partial charge in [-0.3, -0.25) is 24.0 Å². The zero-order valence-corrected chi connectivity index (χ0v) is 105. The molecule has 0 aliphatic rings. The molecule has 714 valence electrons. The first-order valence-corrected chi connectivity index (χ1v) is 55.9. The lowest BCUT2D eigenvalue weighted by atomic mass is 9.93. The van der Waals surface area contributed by atoms with Crippen LogP contribution < -0.4 is 39.9 Å². The Morgan fingerprint density at radius 1 is 0.319 bits per heavy atom. The Bertz CT molecular complexity index is 6170. The van der Waals surface area contributed by atoms with Gasteiger partial charge in [0.2, 0.25) is 0 Å². The number of phenolic OH excluding ortho intramolecular Hbond substituents is 6. The van der Waals surface area contributed by atoms with Crippen LogP contribution in [0.3, 0.4) is 0 Å². The number of phenols is 6. The summed E-state index contributed by atoms with van der Waals surface area (Å²) in [6, 6.07) is 50.0. The van der Waals surface area contributed by atoms with E-state index in [-0.39, 0.29) is 73.4 Å². The van der Waals surface area contributed by atoms with Gasteiger partial charge in [-0.15, -0.1) is 0 Å². The Hall–Kier alpha value is -3.34. The predicted octanol–water partition coefficient (Wildman–Crippen LogP) is 27.0. The van der Waals surface area contributed by atoms with Crippen LogP contribution in [0.15, 0.2) is 176 Å². The van der Waals surface area contributed by atoms with E-state index in [1.165, 1.54) is 5.56 Å². The summed E-state index contributed by atoms with van der Waals surface area (Å²) < 4.78 is 47.6. The number of hydrogen-bond acceptors (Lipinski definition) is 20. The van der Waals surface area contributed by atoms with Gasteiger partial charge in [-0.05, 0) is 620 Å². The molecule has 12 aromatic rings. The van der Waals surface area contributed by atoms with Crippen LogP contribution in [0.4, 0.5) is 0 Å². The third-order valence-corrected chi connectivity index (χ3v) is 31.1. The topological polar surface area (TPSA) is 453 Å². The van der Waals surface area contributed by atoms with Gasteiger partial charge in [-0.1, -0.05) is 32.0 Å². The van der Waals surface area contributed by atoms with Crippen molar-refractivity contribution in [3.05, 3.63) is 289 Å². The fourth-order valence-electron chi connectivity index (χ4n) is 11.7. The van der Waals surface area contributed by atoms with E-state index in [4.69, 9.17) is 70.5 Å². The largest absolute Gasteiger partial charge is 0.508 e. The molecule has 0 amide bonds. The van der Waals surface area contributed by atoms with Gasteiger partial charge in [0.15, 0.2) is 29.6 Å². The average Bonchev–Trinajstić information content (AvgIpc) is 0.819. The third-order valence-electron chi connectivity index (χ3n) is 18.1. The monoisotopic (exact) mass is 3630 g/mol. The van der Waals surface area contributed by atoms with E-state index in [1.807, 2.05) is 154 Å². The second kappa shape index (κ2) is 57.4. The summed E-state index contributed by atoms with van der Waals surface area (Å²) in [5, 5.41) is 111. The first-order valence-electron chi connectivity index (χ1n) is 38.6. The van der Waals surface area contributed by atoms with Crippen molar-refractivity contribution in [1.29, 1.82) is 0 Å². The first-order chi connectivity index (χ1) is 63.3. The van der Waals surface area contributed by atoms with Crippen molar-refractivity contribution in [3.8, 4) is 97.7 Å². The van der Waals surface area contributed by atoms with Gasteiger partial charge in [-0.25, -0.2) is 4.79 Å². The molecule has 0 radical (unpaired) electrons. The second-order valence-corrected chi connectivity index (χ2v) is 47.5. The highest BCUT2D eigenvalue weighted by atomic mass is 127. The maximum atomic E-state index is 10.9. The van der Waals surface area contributed by atoms with Crippen LogP contribution in [-0.4, -0.2) is 116 Å². The molecule has 0 spiro atoms. The number of carboxylic acid groups (broad SMARTS) is 6. The van der Waals surface area contributed by atoms with Crippen molar-refractivity contribution in [1.82, 2.24) is 0 Å². The number of rotatable bonds is 29. The number of carbonyl (C=O) groups is 6. The Labute approximate surface area is 994 Å². The summed E-state index contributed by atoms with van der Waals surface area (Å²) >= 11 is 33.7. The van der Waals surface area contributed by atoms with Crippen molar-refractivity contribution < 1.29 is 118 Å². The van der Waals surface area contributed by atoms with Crippen LogP contribution in [0, 0.1) is 71.0 Å². The van der Waals surface area contributed by atoms with E-state index >= 15 is 0 Å². The van der Waals surface area contributed by atoms with Crippen molar-refractivity contribution in [2.24, 2.45) is 11.5 Å². The van der Waals surface area contributed by atoms with Gasteiger partial charge in [0.05, 0.1) is 70.0 Å². The summed E-state index contributed by atoms with van der Waals surface area (Å²) in [6.45, 7) is 7.78. The molecule has 0 saturated heterocycles. The van der Waals surface area contributed by atoms with E-state index in [1.54, 1.807) is 103 Å². The zero-order valence-electron chi connectivity index (χ0n) is 70.1. The second-order valence-electron chi connectivity index (χ2n) is 28.9. The van der Waals surface area contributed by atoms with Crippen molar-refractivity contribution >= 4 is 397 Å². The molecule has 0 aliphatic heterocycles. The van der Waals surface area contributed by atoms with E-state index < -0.39 is 47.9 Å². The van der Waals surface area contributed by atoms with Crippen molar-refractivity contribution in [2.75, 3.05) is 6.61 Å². The maximum absolute atomic E-state index is 10.9. The molecule has 12 aromatic carbocycles. The summed E-state index contributed by atoms with van der Waals surface area (Å²) in [5.41, 5.74) is 20.7. The number of aryl methyl sites for hydroxylation is 3.